The average molecular weight is 279 g/mol. The molecule has 3 nitrogen and oxygen atoms in total. The van der Waals surface area contributed by atoms with E-state index in [4.69, 9.17) is 11.6 Å². The Labute approximate surface area is 118 Å². The highest BCUT2D eigenvalue weighted by atomic mass is 35.5. The lowest BCUT2D eigenvalue weighted by atomic mass is 9.96. The van der Waals surface area contributed by atoms with Crippen molar-refractivity contribution < 1.29 is 5.11 Å². The van der Waals surface area contributed by atoms with Gasteiger partial charge in [-0.1, -0.05) is 42.8 Å². The lowest BCUT2D eigenvalue weighted by Crippen LogP contribution is -2.06. The molecule has 0 spiro atoms. The van der Waals surface area contributed by atoms with Gasteiger partial charge in [0, 0.05) is 19.0 Å². The van der Waals surface area contributed by atoms with Crippen LogP contribution < -0.4 is 0 Å². The highest BCUT2D eigenvalue weighted by molar-refractivity contribution is 6.30. The Balaban J connectivity index is 2.28. The fourth-order valence-corrected chi connectivity index (χ4v) is 2.64. The zero-order valence-corrected chi connectivity index (χ0v) is 12.3. The van der Waals surface area contributed by atoms with Crippen LogP contribution in [0.25, 0.3) is 0 Å². The van der Waals surface area contributed by atoms with Gasteiger partial charge in [-0.2, -0.15) is 5.10 Å². The quantitative estimate of drug-likeness (QED) is 0.932. The van der Waals surface area contributed by atoms with Crippen molar-refractivity contribution in [2.75, 3.05) is 0 Å². The van der Waals surface area contributed by atoms with Crippen LogP contribution in [-0.4, -0.2) is 14.9 Å². The number of benzene rings is 1. The second-order valence-electron chi connectivity index (χ2n) is 4.75. The predicted molar refractivity (Wildman–Crippen MR) is 77.4 cm³/mol. The summed E-state index contributed by atoms with van der Waals surface area (Å²) in [5, 5.41) is 15.3. The van der Waals surface area contributed by atoms with E-state index in [1.807, 2.05) is 32.2 Å². The fraction of sp³-hybridized carbons (Fsp3) is 0.400. The lowest BCUT2D eigenvalue weighted by Gasteiger charge is -2.14. The van der Waals surface area contributed by atoms with Gasteiger partial charge in [0.1, 0.15) is 5.15 Å². The Morgan fingerprint density at radius 1 is 1.37 bits per heavy atom. The van der Waals surface area contributed by atoms with Gasteiger partial charge in [-0.15, -0.1) is 0 Å². The molecule has 0 fully saturated rings. The maximum Gasteiger partial charge on any atom is 0.130 e. The standard InChI is InChI=1S/C15H19ClN2O/c1-4-11-7-5-6-8-12(11)14(19)9-13-10(2)17-18(3)15(13)16/h5-8,14,19H,4,9H2,1-3H3. The van der Waals surface area contributed by atoms with Crippen LogP contribution in [0.15, 0.2) is 24.3 Å². The topological polar surface area (TPSA) is 38.1 Å². The van der Waals surface area contributed by atoms with Gasteiger partial charge in [0.2, 0.25) is 0 Å². The molecule has 1 heterocycles. The lowest BCUT2D eigenvalue weighted by molar-refractivity contribution is 0.177. The van der Waals surface area contributed by atoms with Crippen LogP contribution in [0.1, 0.15) is 35.4 Å². The summed E-state index contributed by atoms with van der Waals surface area (Å²) >= 11 is 6.21. The van der Waals surface area contributed by atoms with Crippen LogP contribution in [0.2, 0.25) is 5.15 Å². The molecule has 0 aliphatic heterocycles. The molecule has 4 heteroatoms. The van der Waals surface area contributed by atoms with Gasteiger partial charge in [0.05, 0.1) is 11.8 Å². The maximum atomic E-state index is 10.4. The fourth-order valence-electron chi connectivity index (χ4n) is 2.39. The van der Waals surface area contributed by atoms with Gasteiger partial charge in [0.25, 0.3) is 0 Å². The first-order valence-electron chi connectivity index (χ1n) is 6.48. The third-order valence-corrected chi connectivity index (χ3v) is 3.94. The Morgan fingerprint density at radius 3 is 2.63 bits per heavy atom. The minimum atomic E-state index is -0.545. The van der Waals surface area contributed by atoms with Crippen LogP contribution in [-0.2, 0) is 19.9 Å². The first kappa shape index (κ1) is 14.1. The minimum absolute atomic E-state index is 0.496. The van der Waals surface area contributed by atoms with Crippen LogP contribution in [0.4, 0.5) is 0 Å². The average Bonchev–Trinajstić information content (AvgIpc) is 2.65. The second kappa shape index (κ2) is 5.76. The smallest absolute Gasteiger partial charge is 0.130 e. The molecule has 2 aromatic rings. The summed E-state index contributed by atoms with van der Waals surface area (Å²) in [6, 6.07) is 7.98. The third kappa shape index (κ3) is 2.82. The Hall–Kier alpha value is -1.32. The molecule has 0 amide bonds. The summed E-state index contributed by atoms with van der Waals surface area (Å²) in [7, 11) is 1.81. The monoisotopic (exact) mass is 278 g/mol. The molecule has 0 aliphatic carbocycles. The zero-order chi connectivity index (χ0) is 14.0. The summed E-state index contributed by atoms with van der Waals surface area (Å²) in [6.45, 7) is 4.01. The van der Waals surface area contributed by atoms with Crippen molar-refractivity contribution in [1.82, 2.24) is 9.78 Å². The number of aromatic nitrogens is 2. The van der Waals surface area contributed by atoms with Gasteiger partial charge in [-0.05, 0) is 24.5 Å². The van der Waals surface area contributed by atoms with Gasteiger partial charge in [-0.25, -0.2) is 0 Å². The molecular formula is C15H19ClN2O. The normalized spacial score (nSPS) is 12.7. The van der Waals surface area contributed by atoms with Crippen molar-refractivity contribution in [2.45, 2.75) is 32.8 Å². The first-order chi connectivity index (χ1) is 9.04. The van der Waals surface area contributed by atoms with E-state index < -0.39 is 6.10 Å². The molecule has 0 saturated carbocycles. The van der Waals surface area contributed by atoms with Crippen molar-refractivity contribution in [3.05, 3.63) is 51.8 Å². The molecule has 19 heavy (non-hydrogen) atoms. The number of aryl methyl sites for hydroxylation is 3. The number of aliphatic hydroxyl groups excluding tert-OH is 1. The van der Waals surface area contributed by atoms with Crippen molar-refractivity contribution >= 4 is 11.6 Å². The van der Waals surface area contributed by atoms with Crippen LogP contribution in [0, 0.1) is 6.92 Å². The van der Waals surface area contributed by atoms with Gasteiger partial charge < -0.3 is 5.11 Å². The molecular weight excluding hydrogens is 260 g/mol. The van der Waals surface area contributed by atoms with Crippen LogP contribution in [0.5, 0.6) is 0 Å². The first-order valence-corrected chi connectivity index (χ1v) is 6.86. The summed E-state index contributed by atoms with van der Waals surface area (Å²) in [6.07, 6.45) is 0.860. The minimum Gasteiger partial charge on any atom is -0.388 e. The molecule has 1 unspecified atom stereocenters. The van der Waals surface area contributed by atoms with Crippen molar-refractivity contribution in [3.8, 4) is 0 Å². The second-order valence-corrected chi connectivity index (χ2v) is 5.11. The van der Waals surface area contributed by atoms with Gasteiger partial charge in [0.15, 0.2) is 0 Å². The molecule has 0 aliphatic rings. The van der Waals surface area contributed by atoms with Gasteiger partial charge in [-0.3, -0.25) is 4.68 Å². The molecule has 1 aromatic heterocycles. The largest absolute Gasteiger partial charge is 0.388 e. The van der Waals surface area contributed by atoms with Crippen LogP contribution >= 0.6 is 11.6 Å². The van der Waals surface area contributed by atoms with E-state index in [2.05, 4.69) is 18.1 Å². The van der Waals surface area contributed by atoms with Gasteiger partial charge >= 0.3 is 0 Å². The van der Waals surface area contributed by atoms with E-state index in [0.29, 0.717) is 11.6 Å². The summed E-state index contributed by atoms with van der Waals surface area (Å²) in [5.74, 6) is 0. The highest BCUT2D eigenvalue weighted by Gasteiger charge is 2.18. The van der Waals surface area contributed by atoms with Crippen molar-refractivity contribution in [1.29, 1.82) is 0 Å². The van der Waals surface area contributed by atoms with E-state index in [1.165, 1.54) is 5.56 Å². The van der Waals surface area contributed by atoms with Crippen molar-refractivity contribution in [2.24, 2.45) is 7.05 Å². The van der Waals surface area contributed by atoms with E-state index in [9.17, 15) is 5.11 Å². The highest BCUT2D eigenvalue weighted by Crippen LogP contribution is 2.27. The predicted octanol–water partition coefficient (Wildman–Crippen LogP) is 3.22. The summed E-state index contributed by atoms with van der Waals surface area (Å²) < 4.78 is 1.64. The molecule has 1 aromatic carbocycles. The molecule has 0 radical (unpaired) electrons. The molecule has 1 atom stereocenters. The SMILES string of the molecule is CCc1ccccc1C(O)Cc1c(C)nn(C)c1Cl. The Bertz CT molecular complexity index is 578. The summed E-state index contributed by atoms with van der Waals surface area (Å²) in [5.41, 5.74) is 3.94. The number of hydrogen-bond donors (Lipinski definition) is 1. The van der Waals surface area contributed by atoms with Crippen molar-refractivity contribution in [3.63, 3.8) is 0 Å². The Morgan fingerprint density at radius 2 is 2.05 bits per heavy atom. The summed E-state index contributed by atoms with van der Waals surface area (Å²) in [4.78, 5) is 0. The number of rotatable bonds is 4. The number of nitrogens with zero attached hydrogens (tertiary/aromatic N) is 2. The number of aliphatic hydroxyl groups is 1. The number of halogens is 1. The molecule has 2 rings (SSSR count). The van der Waals surface area contributed by atoms with E-state index in [0.717, 1.165) is 23.2 Å². The number of hydrogen-bond acceptors (Lipinski definition) is 2. The molecule has 102 valence electrons. The van der Waals surface area contributed by atoms with E-state index in [-0.39, 0.29) is 0 Å². The molecule has 1 N–H and O–H groups in total. The molecule has 0 bridgehead atoms. The maximum absolute atomic E-state index is 10.4. The van der Waals surface area contributed by atoms with Crippen LogP contribution in [0.3, 0.4) is 0 Å². The zero-order valence-electron chi connectivity index (χ0n) is 11.5. The van der Waals surface area contributed by atoms with E-state index >= 15 is 0 Å². The molecule has 0 saturated heterocycles. The Kier molecular flexibility index (Phi) is 4.27. The van der Waals surface area contributed by atoms with E-state index in [1.54, 1.807) is 4.68 Å². The third-order valence-electron chi connectivity index (χ3n) is 3.46.